The number of nitrogens with zero attached hydrogens (tertiary/aromatic N) is 2. The van der Waals surface area contributed by atoms with Crippen LogP contribution >= 0.6 is 0 Å². The summed E-state index contributed by atoms with van der Waals surface area (Å²) in [5, 5.41) is 7.79. The molecule has 2 aromatic rings. The Kier molecular flexibility index (Phi) is 3.07. The fraction of sp³-hybridized carbons (Fsp3) is 0.529. The maximum atomic E-state index is 5.60. The molecular weight excluding hydrogens is 262 g/mol. The van der Waals surface area contributed by atoms with Gasteiger partial charge in [-0.1, -0.05) is 29.4 Å². The summed E-state index contributed by atoms with van der Waals surface area (Å²) in [5.74, 6) is 1.89. The quantitative estimate of drug-likeness (QED) is 0.920. The first kappa shape index (κ1) is 13.0. The van der Waals surface area contributed by atoms with Gasteiger partial charge in [-0.25, -0.2) is 0 Å². The van der Waals surface area contributed by atoms with Crippen LogP contribution in [0, 0.1) is 0 Å². The number of nitrogens with one attached hydrogen (secondary N) is 1. The van der Waals surface area contributed by atoms with Crippen LogP contribution in [0.1, 0.15) is 61.4 Å². The predicted octanol–water partition coefficient (Wildman–Crippen LogP) is 3.14. The van der Waals surface area contributed by atoms with Gasteiger partial charge >= 0.3 is 0 Å². The smallest absolute Gasteiger partial charge is 0.246 e. The molecule has 1 aliphatic carbocycles. The van der Waals surface area contributed by atoms with Gasteiger partial charge in [0.1, 0.15) is 0 Å². The fourth-order valence-corrected chi connectivity index (χ4v) is 3.70. The van der Waals surface area contributed by atoms with E-state index < -0.39 is 0 Å². The first-order valence-corrected chi connectivity index (χ1v) is 7.93. The normalized spacial score (nSPS) is 28.5. The zero-order chi connectivity index (χ0) is 14.3. The van der Waals surface area contributed by atoms with Gasteiger partial charge in [0.2, 0.25) is 5.89 Å². The zero-order valence-electron chi connectivity index (χ0n) is 12.4. The van der Waals surface area contributed by atoms with Gasteiger partial charge in [-0.2, -0.15) is 4.98 Å². The molecule has 1 aromatic heterocycles. The summed E-state index contributed by atoms with van der Waals surface area (Å²) in [6.07, 6.45) is 5.70. The van der Waals surface area contributed by atoms with Crippen molar-refractivity contribution in [1.82, 2.24) is 15.5 Å². The average molecular weight is 283 g/mol. The largest absolute Gasteiger partial charge is 0.337 e. The lowest BCUT2D eigenvalue weighted by molar-refractivity contribution is 0.273. The van der Waals surface area contributed by atoms with Gasteiger partial charge in [0.15, 0.2) is 5.82 Å². The summed E-state index contributed by atoms with van der Waals surface area (Å²) in [7, 11) is 0. The van der Waals surface area contributed by atoms with Crippen molar-refractivity contribution in [3.05, 3.63) is 47.1 Å². The Hall–Kier alpha value is -1.68. The molecule has 0 amide bonds. The maximum absolute atomic E-state index is 5.60. The van der Waals surface area contributed by atoms with Crippen molar-refractivity contribution in [3.63, 3.8) is 0 Å². The molecule has 1 aliphatic heterocycles. The summed E-state index contributed by atoms with van der Waals surface area (Å²) in [6.45, 7) is 3.19. The summed E-state index contributed by atoms with van der Waals surface area (Å²) in [5.41, 5.74) is 2.67. The van der Waals surface area contributed by atoms with Crippen LogP contribution in [0.4, 0.5) is 0 Å². The number of aromatic nitrogens is 2. The van der Waals surface area contributed by atoms with E-state index in [-0.39, 0.29) is 11.5 Å². The van der Waals surface area contributed by atoms with Crippen LogP contribution < -0.4 is 5.32 Å². The highest BCUT2D eigenvalue weighted by Gasteiger charge is 2.37. The van der Waals surface area contributed by atoms with Crippen molar-refractivity contribution in [2.45, 2.75) is 50.5 Å². The third-order valence-corrected chi connectivity index (χ3v) is 4.96. The monoisotopic (exact) mass is 283 g/mol. The summed E-state index contributed by atoms with van der Waals surface area (Å²) >= 11 is 0. The molecule has 0 saturated carbocycles. The third kappa shape index (κ3) is 2.18. The lowest BCUT2D eigenvalue weighted by atomic mass is 9.82. The van der Waals surface area contributed by atoms with Crippen LogP contribution in [0.15, 0.2) is 28.8 Å². The minimum atomic E-state index is -0.139. The van der Waals surface area contributed by atoms with E-state index in [2.05, 4.69) is 41.7 Å². The van der Waals surface area contributed by atoms with E-state index in [0.717, 1.165) is 37.5 Å². The van der Waals surface area contributed by atoms with E-state index in [9.17, 15) is 0 Å². The fourth-order valence-electron chi connectivity index (χ4n) is 3.70. The molecule has 0 spiro atoms. The van der Waals surface area contributed by atoms with Crippen molar-refractivity contribution in [3.8, 4) is 0 Å². The molecule has 110 valence electrons. The Balaban J connectivity index is 1.68. The lowest BCUT2D eigenvalue weighted by Crippen LogP contribution is -2.33. The molecule has 2 atom stereocenters. The summed E-state index contributed by atoms with van der Waals surface area (Å²) < 4.78 is 5.60. The van der Waals surface area contributed by atoms with Crippen molar-refractivity contribution in [1.29, 1.82) is 0 Å². The van der Waals surface area contributed by atoms with Crippen LogP contribution in [0.5, 0.6) is 0 Å². The summed E-state index contributed by atoms with van der Waals surface area (Å²) in [4.78, 5) is 4.75. The van der Waals surface area contributed by atoms with Crippen molar-refractivity contribution >= 4 is 0 Å². The van der Waals surface area contributed by atoms with Crippen LogP contribution in [0.25, 0.3) is 0 Å². The predicted molar refractivity (Wildman–Crippen MR) is 80.1 cm³/mol. The molecule has 0 bridgehead atoms. The van der Waals surface area contributed by atoms with E-state index >= 15 is 0 Å². The molecule has 4 heteroatoms. The Morgan fingerprint density at radius 1 is 1.29 bits per heavy atom. The molecule has 4 rings (SSSR count). The zero-order valence-corrected chi connectivity index (χ0v) is 12.4. The highest BCUT2D eigenvalue weighted by molar-refractivity contribution is 5.36. The molecule has 21 heavy (non-hydrogen) atoms. The molecule has 1 aromatic carbocycles. The Labute approximate surface area is 124 Å². The summed E-state index contributed by atoms with van der Waals surface area (Å²) in [6, 6.07) is 8.66. The molecule has 2 aliphatic rings. The maximum Gasteiger partial charge on any atom is 0.246 e. The molecule has 1 fully saturated rings. The van der Waals surface area contributed by atoms with Crippen molar-refractivity contribution in [2.24, 2.45) is 0 Å². The minimum absolute atomic E-state index is 0.139. The highest BCUT2D eigenvalue weighted by Crippen LogP contribution is 2.36. The second-order valence-corrected chi connectivity index (χ2v) is 6.46. The first-order chi connectivity index (χ1) is 10.3. The molecule has 1 N–H and O–H groups in total. The van der Waals surface area contributed by atoms with Crippen LogP contribution in [0.2, 0.25) is 0 Å². The Morgan fingerprint density at radius 2 is 2.19 bits per heavy atom. The molecular formula is C17H21N3O. The Bertz CT molecular complexity index is 643. The topological polar surface area (TPSA) is 51.0 Å². The molecule has 2 unspecified atom stereocenters. The Morgan fingerprint density at radius 3 is 3.05 bits per heavy atom. The second kappa shape index (κ2) is 4.95. The highest BCUT2D eigenvalue weighted by atomic mass is 16.5. The lowest BCUT2D eigenvalue weighted by Gasteiger charge is -2.23. The first-order valence-electron chi connectivity index (χ1n) is 7.93. The molecule has 0 radical (unpaired) electrons. The number of benzene rings is 1. The van der Waals surface area contributed by atoms with Crippen molar-refractivity contribution in [2.75, 3.05) is 6.54 Å². The minimum Gasteiger partial charge on any atom is -0.337 e. The number of aryl methyl sites for hydroxylation is 1. The van der Waals surface area contributed by atoms with Crippen LogP contribution in [-0.2, 0) is 12.0 Å². The van der Waals surface area contributed by atoms with E-state index in [4.69, 9.17) is 9.51 Å². The SMILES string of the molecule is CC1(c2nc(C3CCCc4ccccc43)no2)CCCN1. The van der Waals surface area contributed by atoms with E-state index in [1.807, 2.05) is 0 Å². The van der Waals surface area contributed by atoms with Gasteiger partial charge in [-0.15, -0.1) is 0 Å². The van der Waals surface area contributed by atoms with Crippen LogP contribution in [-0.4, -0.2) is 16.7 Å². The standard InChI is InChI=1S/C17H21N3O/c1-17(10-5-11-18-17)16-19-15(20-21-16)14-9-4-7-12-6-2-3-8-13(12)14/h2-3,6,8,14,18H,4-5,7,9-11H2,1H3. The third-order valence-electron chi connectivity index (χ3n) is 4.96. The van der Waals surface area contributed by atoms with Gasteiger partial charge in [-0.3, -0.25) is 0 Å². The number of hydrogen-bond donors (Lipinski definition) is 1. The molecule has 4 nitrogen and oxygen atoms in total. The van der Waals surface area contributed by atoms with Crippen LogP contribution in [0.3, 0.4) is 0 Å². The van der Waals surface area contributed by atoms with E-state index in [1.54, 1.807) is 0 Å². The molecule has 1 saturated heterocycles. The molecule has 2 heterocycles. The van der Waals surface area contributed by atoms with E-state index in [0.29, 0.717) is 0 Å². The van der Waals surface area contributed by atoms with Gasteiger partial charge in [0.05, 0.1) is 5.54 Å². The van der Waals surface area contributed by atoms with E-state index in [1.165, 1.54) is 24.0 Å². The number of rotatable bonds is 2. The number of hydrogen-bond acceptors (Lipinski definition) is 4. The van der Waals surface area contributed by atoms with Gasteiger partial charge < -0.3 is 9.84 Å². The second-order valence-electron chi connectivity index (χ2n) is 6.46. The number of fused-ring (bicyclic) bond motifs is 1. The van der Waals surface area contributed by atoms with Gasteiger partial charge in [0.25, 0.3) is 0 Å². The average Bonchev–Trinajstić information content (AvgIpc) is 3.16. The van der Waals surface area contributed by atoms with Crippen molar-refractivity contribution < 1.29 is 4.52 Å². The van der Waals surface area contributed by atoms with Gasteiger partial charge in [-0.05, 0) is 56.7 Å². The van der Waals surface area contributed by atoms with Gasteiger partial charge in [0, 0.05) is 5.92 Å².